The molecule has 2 N–H and O–H groups in total. The van der Waals surface area contributed by atoms with Crippen molar-refractivity contribution in [1.82, 2.24) is 9.97 Å². The number of para-hydroxylation sites is 1. The number of aromatic nitrogens is 2. The quantitative estimate of drug-likeness (QED) is 0.656. The molecule has 0 atom stereocenters. The first kappa shape index (κ1) is 18.0. The lowest BCUT2D eigenvalue weighted by atomic mass is 10.3. The Bertz CT molecular complexity index is 895. The minimum Gasteiger partial charge on any atom is -0.497 e. The van der Waals surface area contributed by atoms with Crippen molar-refractivity contribution in [3.63, 3.8) is 0 Å². The number of amides is 1. The van der Waals surface area contributed by atoms with Gasteiger partial charge in [0, 0.05) is 5.69 Å². The molecule has 1 heterocycles. The average molecular weight is 389 g/mol. The highest BCUT2D eigenvalue weighted by molar-refractivity contribution is 6.39. The Morgan fingerprint density at radius 1 is 1.00 bits per heavy atom. The molecule has 26 heavy (non-hydrogen) atoms. The number of nitrogens with zero attached hydrogens (tertiary/aromatic N) is 2. The van der Waals surface area contributed by atoms with Gasteiger partial charge in [0.1, 0.15) is 17.3 Å². The van der Waals surface area contributed by atoms with Crippen LogP contribution in [0, 0.1) is 0 Å². The van der Waals surface area contributed by atoms with E-state index < -0.39 is 0 Å². The third-order valence-electron chi connectivity index (χ3n) is 3.45. The summed E-state index contributed by atoms with van der Waals surface area (Å²) in [6, 6.07) is 12.1. The molecule has 0 aliphatic carbocycles. The molecule has 1 amide bonds. The molecule has 0 aliphatic heterocycles. The second-order valence-corrected chi connectivity index (χ2v) is 6.01. The van der Waals surface area contributed by atoms with Gasteiger partial charge in [-0.15, -0.1) is 0 Å². The molecule has 0 aliphatic rings. The van der Waals surface area contributed by atoms with Crippen LogP contribution in [0.3, 0.4) is 0 Å². The van der Waals surface area contributed by atoms with Gasteiger partial charge >= 0.3 is 0 Å². The van der Waals surface area contributed by atoms with E-state index in [2.05, 4.69) is 20.6 Å². The SMILES string of the molecule is COc1ccc(NC(=O)c2cnc(Nc3c(Cl)cccc3Cl)cn2)cc1. The highest BCUT2D eigenvalue weighted by Crippen LogP contribution is 2.31. The Hall–Kier alpha value is -2.83. The maximum atomic E-state index is 12.2. The van der Waals surface area contributed by atoms with Crippen molar-refractivity contribution in [2.45, 2.75) is 0 Å². The summed E-state index contributed by atoms with van der Waals surface area (Å²) >= 11 is 12.2. The molecule has 0 spiro atoms. The minimum absolute atomic E-state index is 0.177. The summed E-state index contributed by atoms with van der Waals surface area (Å²) in [5.41, 5.74) is 1.33. The van der Waals surface area contributed by atoms with Crippen LogP contribution in [0.25, 0.3) is 0 Å². The number of rotatable bonds is 5. The van der Waals surface area contributed by atoms with Crippen LogP contribution < -0.4 is 15.4 Å². The van der Waals surface area contributed by atoms with Crippen molar-refractivity contribution in [2.24, 2.45) is 0 Å². The van der Waals surface area contributed by atoms with Gasteiger partial charge in [-0.05, 0) is 36.4 Å². The number of halogens is 2. The van der Waals surface area contributed by atoms with E-state index in [1.807, 2.05) is 0 Å². The van der Waals surface area contributed by atoms with E-state index in [0.29, 0.717) is 33.0 Å². The van der Waals surface area contributed by atoms with Crippen molar-refractivity contribution in [3.8, 4) is 5.75 Å². The number of hydrogen-bond acceptors (Lipinski definition) is 5. The number of carbonyl (C=O) groups excluding carboxylic acids is 1. The minimum atomic E-state index is -0.370. The molecular weight excluding hydrogens is 375 g/mol. The summed E-state index contributed by atoms with van der Waals surface area (Å²) < 4.78 is 5.08. The van der Waals surface area contributed by atoms with Crippen LogP contribution in [-0.4, -0.2) is 23.0 Å². The second kappa shape index (κ2) is 8.03. The molecule has 8 heteroatoms. The first-order valence-electron chi connectivity index (χ1n) is 7.55. The lowest BCUT2D eigenvalue weighted by Gasteiger charge is -2.10. The van der Waals surface area contributed by atoms with Gasteiger partial charge < -0.3 is 15.4 Å². The molecule has 0 radical (unpaired) electrons. The van der Waals surface area contributed by atoms with Crippen LogP contribution in [0.4, 0.5) is 17.2 Å². The summed E-state index contributed by atoms with van der Waals surface area (Å²) in [6.45, 7) is 0. The van der Waals surface area contributed by atoms with Crippen molar-refractivity contribution in [3.05, 3.63) is 70.6 Å². The maximum Gasteiger partial charge on any atom is 0.275 e. The van der Waals surface area contributed by atoms with E-state index in [9.17, 15) is 4.79 Å². The zero-order valence-electron chi connectivity index (χ0n) is 13.7. The number of hydrogen-bond donors (Lipinski definition) is 2. The van der Waals surface area contributed by atoms with E-state index in [1.54, 1.807) is 49.6 Å². The van der Waals surface area contributed by atoms with Gasteiger partial charge in [0.25, 0.3) is 5.91 Å². The first-order chi connectivity index (χ1) is 12.6. The number of nitrogens with one attached hydrogen (secondary N) is 2. The summed E-state index contributed by atoms with van der Waals surface area (Å²) in [4.78, 5) is 20.5. The Balaban J connectivity index is 1.69. The molecule has 3 rings (SSSR count). The van der Waals surface area contributed by atoms with Crippen LogP contribution in [-0.2, 0) is 0 Å². The van der Waals surface area contributed by atoms with E-state index in [4.69, 9.17) is 27.9 Å². The van der Waals surface area contributed by atoms with E-state index in [0.717, 1.165) is 0 Å². The largest absolute Gasteiger partial charge is 0.497 e. The van der Waals surface area contributed by atoms with Crippen LogP contribution in [0.15, 0.2) is 54.9 Å². The monoisotopic (exact) mass is 388 g/mol. The molecular formula is C18H14Cl2N4O2. The van der Waals surface area contributed by atoms with Crippen LogP contribution in [0.5, 0.6) is 5.75 Å². The summed E-state index contributed by atoms with van der Waals surface area (Å²) in [7, 11) is 1.58. The maximum absolute atomic E-state index is 12.2. The lowest BCUT2D eigenvalue weighted by Crippen LogP contribution is -2.14. The van der Waals surface area contributed by atoms with Crippen LogP contribution >= 0.6 is 23.2 Å². The Kier molecular flexibility index (Phi) is 5.55. The molecule has 2 aromatic carbocycles. The van der Waals surface area contributed by atoms with E-state index >= 15 is 0 Å². The van der Waals surface area contributed by atoms with Crippen molar-refractivity contribution < 1.29 is 9.53 Å². The van der Waals surface area contributed by atoms with Gasteiger partial charge in [-0.2, -0.15) is 0 Å². The summed E-state index contributed by atoms with van der Waals surface area (Å²) in [6.07, 6.45) is 2.80. The van der Waals surface area contributed by atoms with Gasteiger partial charge in [0.15, 0.2) is 0 Å². The molecule has 0 bridgehead atoms. The Morgan fingerprint density at radius 3 is 2.27 bits per heavy atom. The smallest absolute Gasteiger partial charge is 0.275 e. The zero-order chi connectivity index (χ0) is 18.5. The molecule has 0 saturated heterocycles. The van der Waals surface area contributed by atoms with E-state index in [-0.39, 0.29) is 11.6 Å². The average Bonchev–Trinajstić information content (AvgIpc) is 2.66. The number of ether oxygens (including phenoxy) is 1. The number of carbonyl (C=O) groups is 1. The first-order valence-corrected chi connectivity index (χ1v) is 8.31. The van der Waals surface area contributed by atoms with Crippen molar-refractivity contribution in [2.75, 3.05) is 17.7 Å². The summed E-state index contributed by atoms with van der Waals surface area (Å²) in [5, 5.41) is 6.64. The molecule has 3 aromatic rings. The predicted octanol–water partition coefficient (Wildman–Crippen LogP) is 4.79. The normalized spacial score (nSPS) is 10.3. The molecule has 6 nitrogen and oxygen atoms in total. The van der Waals surface area contributed by atoms with Gasteiger partial charge in [0.05, 0.1) is 35.2 Å². The van der Waals surface area contributed by atoms with Gasteiger partial charge in [0.2, 0.25) is 0 Å². The fraction of sp³-hybridized carbons (Fsp3) is 0.0556. The van der Waals surface area contributed by atoms with Crippen molar-refractivity contribution in [1.29, 1.82) is 0 Å². The third kappa shape index (κ3) is 4.22. The second-order valence-electron chi connectivity index (χ2n) is 5.19. The number of benzene rings is 2. The van der Waals surface area contributed by atoms with Crippen LogP contribution in [0.2, 0.25) is 10.0 Å². The van der Waals surface area contributed by atoms with E-state index in [1.165, 1.54) is 12.4 Å². The van der Waals surface area contributed by atoms with Gasteiger partial charge in [-0.25, -0.2) is 9.97 Å². The molecule has 0 saturated carbocycles. The fourth-order valence-electron chi connectivity index (χ4n) is 2.12. The van der Waals surface area contributed by atoms with Crippen LogP contribution in [0.1, 0.15) is 10.5 Å². The topological polar surface area (TPSA) is 76.1 Å². The van der Waals surface area contributed by atoms with Gasteiger partial charge in [-0.1, -0.05) is 29.3 Å². The van der Waals surface area contributed by atoms with Crippen molar-refractivity contribution >= 4 is 46.3 Å². The molecule has 0 fully saturated rings. The number of anilines is 3. The summed E-state index contributed by atoms with van der Waals surface area (Å²) in [5.74, 6) is 0.752. The third-order valence-corrected chi connectivity index (χ3v) is 4.08. The molecule has 0 unspecified atom stereocenters. The highest BCUT2D eigenvalue weighted by atomic mass is 35.5. The molecule has 132 valence electrons. The Morgan fingerprint density at radius 2 is 1.69 bits per heavy atom. The standard InChI is InChI=1S/C18H14Cl2N4O2/c1-26-12-7-5-11(6-8-12)23-18(25)15-9-22-16(10-21-15)24-17-13(19)3-2-4-14(17)20/h2-10H,1H3,(H,22,24)(H,23,25). The van der Waals surface area contributed by atoms with Gasteiger partial charge in [-0.3, -0.25) is 4.79 Å². The Labute approximate surface area is 160 Å². The molecule has 1 aromatic heterocycles. The zero-order valence-corrected chi connectivity index (χ0v) is 15.2. The lowest BCUT2D eigenvalue weighted by molar-refractivity contribution is 0.102. The highest BCUT2D eigenvalue weighted by Gasteiger charge is 2.10. The predicted molar refractivity (Wildman–Crippen MR) is 103 cm³/mol. The fourth-order valence-corrected chi connectivity index (χ4v) is 2.62. The number of methoxy groups -OCH3 is 1.